The predicted molar refractivity (Wildman–Crippen MR) is 83.2 cm³/mol. The molecule has 23 heavy (non-hydrogen) atoms. The molecule has 9 heteroatoms. The van der Waals surface area contributed by atoms with Crippen molar-refractivity contribution < 1.29 is 9.34 Å². The van der Waals surface area contributed by atoms with Gasteiger partial charge in [0.05, 0.1) is 4.92 Å². The highest BCUT2D eigenvalue weighted by Gasteiger charge is 2.15. The van der Waals surface area contributed by atoms with Crippen LogP contribution in [-0.4, -0.2) is 24.7 Å². The van der Waals surface area contributed by atoms with E-state index in [9.17, 15) is 10.1 Å². The van der Waals surface area contributed by atoms with Gasteiger partial charge >= 0.3 is 0 Å². The van der Waals surface area contributed by atoms with Gasteiger partial charge in [0, 0.05) is 17.7 Å². The molecule has 0 atom stereocenters. The first-order chi connectivity index (χ1) is 11.1. The summed E-state index contributed by atoms with van der Waals surface area (Å²) < 4.78 is 7.47. The standard InChI is InChI=1S/C14H9N5O3S/c1-8-15-16-14-18(8)17-13(23-14)12-7-6-11(22-12)9-2-4-10(5-3-9)19(20)21/h2-7H,1H3. The lowest BCUT2D eigenvalue weighted by Gasteiger charge is -1.96. The number of hydrogen-bond donors (Lipinski definition) is 0. The van der Waals surface area contributed by atoms with Crippen LogP contribution in [-0.2, 0) is 0 Å². The Morgan fingerprint density at radius 3 is 2.57 bits per heavy atom. The molecular formula is C14H9N5O3S. The van der Waals surface area contributed by atoms with Crippen molar-refractivity contribution in [3.8, 4) is 22.1 Å². The maximum atomic E-state index is 10.7. The number of non-ortho nitro benzene ring substituents is 1. The van der Waals surface area contributed by atoms with Gasteiger partial charge in [-0.15, -0.1) is 15.3 Å². The van der Waals surface area contributed by atoms with Crippen LogP contribution in [0.5, 0.6) is 0 Å². The smallest absolute Gasteiger partial charge is 0.269 e. The molecule has 0 amide bonds. The van der Waals surface area contributed by atoms with E-state index in [0.29, 0.717) is 27.3 Å². The van der Waals surface area contributed by atoms with Crippen LogP contribution < -0.4 is 0 Å². The Bertz CT molecular complexity index is 1010. The zero-order valence-corrected chi connectivity index (χ0v) is 12.6. The minimum atomic E-state index is -0.431. The molecule has 114 valence electrons. The van der Waals surface area contributed by atoms with Gasteiger partial charge in [0.1, 0.15) is 5.76 Å². The van der Waals surface area contributed by atoms with E-state index in [2.05, 4.69) is 15.3 Å². The van der Waals surface area contributed by atoms with Crippen LogP contribution in [0.2, 0.25) is 0 Å². The van der Waals surface area contributed by atoms with Crippen molar-refractivity contribution in [2.45, 2.75) is 6.92 Å². The zero-order chi connectivity index (χ0) is 16.0. The molecule has 0 aliphatic carbocycles. The van der Waals surface area contributed by atoms with Gasteiger partial charge in [-0.1, -0.05) is 11.3 Å². The van der Waals surface area contributed by atoms with Crippen LogP contribution in [0.25, 0.3) is 27.1 Å². The largest absolute Gasteiger partial charge is 0.454 e. The second kappa shape index (κ2) is 4.99. The third kappa shape index (κ3) is 2.27. The number of furan rings is 1. The highest BCUT2D eigenvalue weighted by Crippen LogP contribution is 2.31. The zero-order valence-electron chi connectivity index (χ0n) is 11.8. The molecule has 0 fully saturated rings. The Morgan fingerprint density at radius 1 is 1.13 bits per heavy atom. The number of hydrogen-bond acceptors (Lipinski definition) is 7. The average molecular weight is 327 g/mol. The summed E-state index contributed by atoms with van der Waals surface area (Å²) >= 11 is 1.38. The van der Waals surface area contributed by atoms with Crippen LogP contribution >= 0.6 is 11.3 Å². The van der Waals surface area contributed by atoms with Gasteiger partial charge in [-0.25, -0.2) is 0 Å². The Hall–Kier alpha value is -3.07. The molecule has 0 saturated heterocycles. The first-order valence-electron chi connectivity index (χ1n) is 6.66. The summed E-state index contributed by atoms with van der Waals surface area (Å²) in [4.78, 5) is 11.0. The Labute approximate surface area is 133 Å². The fraction of sp³-hybridized carbons (Fsp3) is 0.0714. The Balaban J connectivity index is 1.69. The number of rotatable bonds is 3. The topological polar surface area (TPSA) is 99.4 Å². The van der Waals surface area contributed by atoms with E-state index >= 15 is 0 Å². The van der Waals surface area contributed by atoms with Crippen LogP contribution in [0.3, 0.4) is 0 Å². The second-order valence-electron chi connectivity index (χ2n) is 4.82. The lowest BCUT2D eigenvalue weighted by molar-refractivity contribution is -0.384. The quantitative estimate of drug-likeness (QED) is 0.423. The number of aromatic nitrogens is 4. The minimum Gasteiger partial charge on any atom is -0.454 e. The molecule has 0 spiro atoms. The third-order valence-corrected chi connectivity index (χ3v) is 4.24. The lowest BCUT2D eigenvalue weighted by Crippen LogP contribution is -1.87. The molecular weight excluding hydrogens is 318 g/mol. The first kappa shape index (κ1) is 13.6. The van der Waals surface area contributed by atoms with Crippen LogP contribution in [0.1, 0.15) is 5.82 Å². The van der Waals surface area contributed by atoms with E-state index in [4.69, 9.17) is 4.42 Å². The summed E-state index contributed by atoms with van der Waals surface area (Å²) in [6.45, 7) is 1.83. The molecule has 0 aliphatic heterocycles. The fourth-order valence-electron chi connectivity index (χ4n) is 2.17. The van der Waals surface area contributed by atoms with Crippen molar-refractivity contribution in [1.82, 2.24) is 19.8 Å². The Morgan fingerprint density at radius 2 is 1.87 bits per heavy atom. The molecule has 3 heterocycles. The number of nitro groups is 1. The van der Waals surface area contributed by atoms with Crippen LogP contribution in [0.4, 0.5) is 5.69 Å². The Kier molecular flexibility index (Phi) is 2.95. The van der Waals surface area contributed by atoms with Gasteiger partial charge in [0.2, 0.25) is 4.96 Å². The molecule has 0 N–H and O–H groups in total. The first-order valence-corrected chi connectivity index (χ1v) is 7.47. The van der Waals surface area contributed by atoms with Gasteiger partial charge in [0.15, 0.2) is 16.6 Å². The summed E-state index contributed by atoms with van der Waals surface area (Å²) in [6, 6.07) is 9.84. The van der Waals surface area contributed by atoms with Gasteiger partial charge in [-0.2, -0.15) is 4.52 Å². The number of aryl methyl sites for hydroxylation is 1. The van der Waals surface area contributed by atoms with Crippen molar-refractivity contribution in [2.75, 3.05) is 0 Å². The summed E-state index contributed by atoms with van der Waals surface area (Å²) in [7, 11) is 0. The number of nitro benzene ring substituents is 1. The van der Waals surface area contributed by atoms with Gasteiger partial charge in [-0.05, 0) is 31.2 Å². The van der Waals surface area contributed by atoms with Crippen LogP contribution in [0, 0.1) is 17.0 Å². The van der Waals surface area contributed by atoms with E-state index in [1.54, 1.807) is 16.6 Å². The monoisotopic (exact) mass is 327 g/mol. The molecule has 0 unspecified atom stereocenters. The fourth-order valence-corrected chi connectivity index (χ4v) is 3.02. The number of nitrogens with zero attached hydrogens (tertiary/aromatic N) is 5. The van der Waals surface area contributed by atoms with E-state index in [0.717, 1.165) is 5.56 Å². The molecule has 0 aliphatic rings. The van der Waals surface area contributed by atoms with E-state index in [1.807, 2.05) is 19.1 Å². The maximum absolute atomic E-state index is 10.7. The average Bonchev–Trinajstić information content (AvgIpc) is 3.24. The van der Waals surface area contributed by atoms with Crippen molar-refractivity contribution in [3.05, 3.63) is 52.3 Å². The number of fused-ring (bicyclic) bond motifs is 1. The predicted octanol–water partition coefficient (Wildman–Crippen LogP) is 3.33. The van der Waals surface area contributed by atoms with Crippen molar-refractivity contribution in [1.29, 1.82) is 0 Å². The normalized spacial score (nSPS) is 11.2. The van der Waals surface area contributed by atoms with Crippen molar-refractivity contribution >= 4 is 22.0 Å². The molecule has 3 aromatic heterocycles. The van der Waals surface area contributed by atoms with Crippen molar-refractivity contribution in [3.63, 3.8) is 0 Å². The lowest BCUT2D eigenvalue weighted by atomic mass is 10.1. The molecule has 1 aromatic carbocycles. The maximum Gasteiger partial charge on any atom is 0.269 e. The molecule has 4 aromatic rings. The van der Waals surface area contributed by atoms with E-state index in [1.165, 1.54) is 23.5 Å². The SMILES string of the molecule is Cc1nnc2sc(-c3ccc(-c4ccc([N+](=O)[O-])cc4)o3)nn12. The minimum absolute atomic E-state index is 0.0460. The van der Waals surface area contributed by atoms with Gasteiger partial charge < -0.3 is 4.42 Å². The molecule has 0 radical (unpaired) electrons. The van der Waals surface area contributed by atoms with Crippen molar-refractivity contribution in [2.24, 2.45) is 0 Å². The van der Waals surface area contributed by atoms with E-state index < -0.39 is 4.92 Å². The summed E-state index contributed by atoms with van der Waals surface area (Å²) in [5.41, 5.74) is 0.811. The molecule has 8 nitrogen and oxygen atoms in total. The summed E-state index contributed by atoms with van der Waals surface area (Å²) in [6.07, 6.45) is 0. The van der Waals surface area contributed by atoms with Gasteiger partial charge in [0.25, 0.3) is 5.69 Å². The highest BCUT2D eigenvalue weighted by molar-refractivity contribution is 7.19. The van der Waals surface area contributed by atoms with Crippen LogP contribution in [0.15, 0.2) is 40.8 Å². The molecule has 4 rings (SSSR count). The third-order valence-electron chi connectivity index (χ3n) is 3.33. The molecule has 0 saturated carbocycles. The summed E-state index contributed by atoms with van der Waals surface area (Å²) in [5, 5.41) is 23.8. The highest BCUT2D eigenvalue weighted by atomic mass is 32.1. The van der Waals surface area contributed by atoms with E-state index in [-0.39, 0.29) is 5.69 Å². The molecule has 0 bridgehead atoms. The second-order valence-corrected chi connectivity index (χ2v) is 5.77. The number of benzene rings is 1. The summed E-state index contributed by atoms with van der Waals surface area (Å²) in [5.74, 6) is 1.95. The van der Waals surface area contributed by atoms with Gasteiger partial charge in [-0.3, -0.25) is 10.1 Å².